The Hall–Kier alpha value is -2.44. The van der Waals surface area contributed by atoms with Crippen molar-refractivity contribution >= 4 is 17.8 Å². The van der Waals surface area contributed by atoms with Gasteiger partial charge in [0.2, 0.25) is 5.91 Å². The fourth-order valence-corrected chi connectivity index (χ4v) is 1.47. The van der Waals surface area contributed by atoms with Gasteiger partial charge in [-0.1, -0.05) is 0 Å². The molecule has 1 aliphatic rings. The number of pyridine rings is 1. The van der Waals surface area contributed by atoms with E-state index in [2.05, 4.69) is 10.3 Å². The molecule has 1 heterocycles. The quantitative estimate of drug-likeness (QED) is 0.665. The Morgan fingerprint density at radius 1 is 1.33 bits per heavy atom. The number of rotatable bonds is 4. The molecule has 0 spiro atoms. The molecule has 0 unspecified atom stereocenters. The van der Waals surface area contributed by atoms with Crippen molar-refractivity contribution in [2.75, 3.05) is 0 Å². The fourth-order valence-electron chi connectivity index (χ4n) is 1.47. The van der Waals surface area contributed by atoms with Crippen LogP contribution in [0.4, 0.5) is 0 Å². The largest absolute Gasteiger partial charge is 0.480 e. The van der Waals surface area contributed by atoms with E-state index >= 15 is 0 Å². The van der Waals surface area contributed by atoms with Gasteiger partial charge in [-0.25, -0.2) is 4.79 Å². The SMILES string of the molecule is NC(=O)c1ccc(C(=O)NC2(C(=O)O)CC2)nc1. The molecule has 94 valence electrons. The maximum Gasteiger partial charge on any atom is 0.329 e. The highest BCUT2D eigenvalue weighted by Gasteiger charge is 2.51. The molecule has 0 atom stereocenters. The van der Waals surface area contributed by atoms with Crippen LogP contribution < -0.4 is 11.1 Å². The lowest BCUT2D eigenvalue weighted by atomic mass is 10.2. The lowest BCUT2D eigenvalue weighted by molar-refractivity contribution is -0.140. The fraction of sp³-hybridized carbons (Fsp3) is 0.273. The van der Waals surface area contributed by atoms with Gasteiger partial charge in [-0.15, -0.1) is 0 Å². The van der Waals surface area contributed by atoms with Crippen molar-refractivity contribution in [3.05, 3.63) is 29.6 Å². The second-order valence-electron chi connectivity index (χ2n) is 4.14. The van der Waals surface area contributed by atoms with E-state index in [1.165, 1.54) is 18.3 Å². The molecule has 7 heteroatoms. The van der Waals surface area contributed by atoms with Gasteiger partial charge in [-0.3, -0.25) is 14.6 Å². The molecule has 18 heavy (non-hydrogen) atoms. The summed E-state index contributed by atoms with van der Waals surface area (Å²) in [6.07, 6.45) is 2.00. The van der Waals surface area contributed by atoms with Crippen molar-refractivity contribution in [1.29, 1.82) is 0 Å². The molecule has 2 rings (SSSR count). The lowest BCUT2D eigenvalue weighted by Gasteiger charge is -2.11. The summed E-state index contributed by atoms with van der Waals surface area (Å²) in [5, 5.41) is 11.3. The molecule has 0 aliphatic heterocycles. The highest BCUT2D eigenvalue weighted by Crippen LogP contribution is 2.35. The van der Waals surface area contributed by atoms with E-state index in [1.807, 2.05) is 0 Å². The van der Waals surface area contributed by atoms with E-state index in [4.69, 9.17) is 10.8 Å². The zero-order chi connectivity index (χ0) is 13.3. The number of aliphatic carboxylic acids is 1. The molecule has 0 radical (unpaired) electrons. The average Bonchev–Trinajstić information content (AvgIpc) is 3.10. The Labute approximate surface area is 102 Å². The van der Waals surface area contributed by atoms with Crippen LogP contribution >= 0.6 is 0 Å². The summed E-state index contributed by atoms with van der Waals surface area (Å²) < 4.78 is 0. The molecule has 0 aromatic carbocycles. The Bertz CT molecular complexity index is 520. The van der Waals surface area contributed by atoms with Gasteiger partial charge in [0.25, 0.3) is 5.91 Å². The Morgan fingerprint density at radius 2 is 2.00 bits per heavy atom. The standard InChI is InChI=1S/C11H11N3O4/c12-8(15)6-1-2-7(13-5-6)9(16)14-11(3-4-11)10(17)18/h1-2,5H,3-4H2,(H2,12,15)(H,14,16)(H,17,18). The van der Waals surface area contributed by atoms with Crippen LogP contribution in [0.15, 0.2) is 18.3 Å². The Morgan fingerprint density at radius 3 is 2.39 bits per heavy atom. The molecule has 0 saturated heterocycles. The van der Waals surface area contributed by atoms with Crippen LogP contribution in [-0.4, -0.2) is 33.4 Å². The first-order chi connectivity index (χ1) is 8.44. The van der Waals surface area contributed by atoms with Gasteiger partial charge >= 0.3 is 5.97 Å². The van der Waals surface area contributed by atoms with Crippen LogP contribution in [0.2, 0.25) is 0 Å². The normalized spacial score (nSPS) is 15.8. The van der Waals surface area contributed by atoms with E-state index in [-0.39, 0.29) is 11.3 Å². The number of amides is 2. The number of carboxylic acid groups (broad SMARTS) is 1. The van der Waals surface area contributed by atoms with Crippen LogP contribution in [0.5, 0.6) is 0 Å². The minimum absolute atomic E-state index is 0.0486. The number of nitrogens with two attached hydrogens (primary N) is 1. The van der Waals surface area contributed by atoms with Gasteiger partial charge in [0.15, 0.2) is 0 Å². The first kappa shape index (κ1) is 12.0. The maximum absolute atomic E-state index is 11.7. The van der Waals surface area contributed by atoms with E-state index < -0.39 is 23.3 Å². The summed E-state index contributed by atoms with van der Waals surface area (Å²) in [4.78, 5) is 37.2. The van der Waals surface area contributed by atoms with Gasteiger partial charge in [0, 0.05) is 6.20 Å². The molecular weight excluding hydrogens is 238 g/mol. The number of hydrogen-bond acceptors (Lipinski definition) is 4. The first-order valence-electron chi connectivity index (χ1n) is 5.26. The van der Waals surface area contributed by atoms with Gasteiger partial charge in [0.1, 0.15) is 11.2 Å². The molecule has 7 nitrogen and oxygen atoms in total. The molecule has 1 aromatic heterocycles. The van der Waals surface area contributed by atoms with Crippen molar-refractivity contribution in [2.45, 2.75) is 18.4 Å². The van der Waals surface area contributed by atoms with Gasteiger partial charge in [-0.2, -0.15) is 0 Å². The predicted octanol–water partition coefficient (Wildman–Crippen LogP) is -0.473. The zero-order valence-corrected chi connectivity index (χ0v) is 9.34. The second-order valence-corrected chi connectivity index (χ2v) is 4.14. The molecule has 1 fully saturated rings. The predicted molar refractivity (Wildman–Crippen MR) is 59.8 cm³/mol. The number of carbonyl (C=O) groups is 3. The lowest BCUT2D eigenvalue weighted by Crippen LogP contribution is -2.43. The maximum atomic E-state index is 11.7. The van der Waals surface area contributed by atoms with Gasteiger partial charge < -0.3 is 16.2 Å². The number of nitrogens with zero attached hydrogens (tertiary/aromatic N) is 1. The summed E-state index contributed by atoms with van der Waals surface area (Å²) in [7, 11) is 0. The molecule has 1 aromatic rings. The Balaban J connectivity index is 2.10. The van der Waals surface area contributed by atoms with Crippen LogP contribution in [0.25, 0.3) is 0 Å². The van der Waals surface area contributed by atoms with Crippen LogP contribution in [0.1, 0.15) is 33.7 Å². The highest BCUT2D eigenvalue weighted by molar-refractivity contribution is 5.98. The van der Waals surface area contributed by atoms with Crippen molar-refractivity contribution < 1.29 is 19.5 Å². The summed E-state index contributed by atoms with van der Waals surface area (Å²) in [6.45, 7) is 0. The number of hydrogen-bond donors (Lipinski definition) is 3. The molecule has 0 bridgehead atoms. The highest BCUT2D eigenvalue weighted by atomic mass is 16.4. The van der Waals surface area contributed by atoms with E-state index in [0.29, 0.717) is 12.8 Å². The van der Waals surface area contributed by atoms with Crippen molar-refractivity contribution in [2.24, 2.45) is 5.73 Å². The molecule has 2 amide bonds. The third kappa shape index (κ3) is 2.15. The van der Waals surface area contributed by atoms with E-state index in [9.17, 15) is 14.4 Å². The topological polar surface area (TPSA) is 122 Å². The number of primary amides is 1. The zero-order valence-electron chi connectivity index (χ0n) is 9.34. The molecular formula is C11H11N3O4. The molecule has 1 aliphatic carbocycles. The number of aromatic nitrogens is 1. The minimum Gasteiger partial charge on any atom is -0.480 e. The summed E-state index contributed by atoms with van der Waals surface area (Å²) >= 11 is 0. The number of carboxylic acids is 1. The van der Waals surface area contributed by atoms with Crippen LogP contribution in [-0.2, 0) is 4.79 Å². The van der Waals surface area contributed by atoms with Crippen LogP contribution in [0.3, 0.4) is 0 Å². The molecule has 1 saturated carbocycles. The monoisotopic (exact) mass is 249 g/mol. The van der Waals surface area contributed by atoms with Gasteiger partial charge in [-0.05, 0) is 25.0 Å². The minimum atomic E-state index is -1.15. The summed E-state index contributed by atoms with van der Waals surface area (Å²) in [5.74, 6) is -2.27. The van der Waals surface area contributed by atoms with E-state index in [0.717, 1.165) is 0 Å². The van der Waals surface area contributed by atoms with Crippen LogP contribution in [0, 0.1) is 0 Å². The average molecular weight is 249 g/mol. The summed E-state index contributed by atoms with van der Waals surface area (Å²) in [6, 6.07) is 2.69. The second kappa shape index (κ2) is 4.10. The van der Waals surface area contributed by atoms with Crippen molar-refractivity contribution in [3.63, 3.8) is 0 Å². The van der Waals surface area contributed by atoms with Crippen molar-refractivity contribution in [3.8, 4) is 0 Å². The van der Waals surface area contributed by atoms with E-state index in [1.54, 1.807) is 0 Å². The number of carbonyl (C=O) groups excluding carboxylic acids is 2. The molecule has 4 N–H and O–H groups in total. The van der Waals surface area contributed by atoms with Crippen molar-refractivity contribution in [1.82, 2.24) is 10.3 Å². The number of nitrogens with one attached hydrogen (secondary N) is 1. The third-order valence-electron chi connectivity index (χ3n) is 2.79. The first-order valence-corrected chi connectivity index (χ1v) is 5.26. The van der Waals surface area contributed by atoms with Gasteiger partial charge in [0.05, 0.1) is 5.56 Å². The summed E-state index contributed by atoms with van der Waals surface area (Å²) in [5.41, 5.74) is 4.12. The Kier molecular flexibility index (Phi) is 2.74. The third-order valence-corrected chi connectivity index (χ3v) is 2.79. The smallest absolute Gasteiger partial charge is 0.329 e.